The number of sulfone groups is 1. The standard InChI is InChI=1S/C16H27NO2S/c1-5-7-15(17-10-6-2)12-20(18,19)16-9-8-13(3)14(4)11-16/h8-9,11,15,17H,5-7,10,12H2,1-4H3. The van der Waals surface area contributed by atoms with Crippen LogP contribution in [0.4, 0.5) is 0 Å². The number of hydrogen-bond donors (Lipinski definition) is 1. The third-order valence-electron chi connectivity index (χ3n) is 3.58. The normalized spacial score (nSPS) is 13.4. The average Bonchev–Trinajstić information content (AvgIpc) is 2.39. The lowest BCUT2D eigenvalue weighted by Crippen LogP contribution is -2.36. The highest BCUT2D eigenvalue weighted by Gasteiger charge is 2.20. The number of rotatable bonds is 8. The van der Waals surface area contributed by atoms with E-state index in [-0.39, 0.29) is 11.8 Å². The van der Waals surface area contributed by atoms with E-state index in [4.69, 9.17) is 0 Å². The first-order valence-corrected chi connectivity index (χ1v) is 9.09. The Morgan fingerprint density at radius 2 is 1.80 bits per heavy atom. The van der Waals surface area contributed by atoms with Crippen LogP contribution in [-0.2, 0) is 9.84 Å². The fraction of sp³-hybridized carbons (Fsp3) is 0.625. The second-order valence-electron chi connectivity index (χ2n) is 5.47. The van der Waals surface area contributed by atoms with Crippen LogP contribution in [0.3, 0.4) is 0 Å². The topological polar surface area (TPSA) is 46.2 Å². The van der Waals surface area contributed by atoms with Crippen LogP contribution in [-0.4, -0.2) is 26.8 Å². The molecule has 0 saturated heterocycles. The number of nitrogens with one attached hydrogen (secondary N) is 1. The molecule has 1 aromatic carbocycles. The molecule has 1 unspecified atom stereocenters. The average molecular weight is 297 g/mol. The van der Waals surface area contributed by atoms with E-state index in [1.54, 1.807) is 12.1 Å². The molecular formula is C16H27NO2S. The zero-order valence-electron chi connectivity index (χ0n) is 13.1. The summed E-state index contributed by atoms with van der Waals surface area (Å²) >= 11 is 0. The molecule has 0 saturated carbocycles. The SMILES string of the molecule is CCCNC(CCC)CS(=O)(=O)c1ccc(C)c(C)c1. The minimum Gasteiger partial charge on any atom is -0.313 e. The van der Waals surface area contributed by atoms with Gasteiger partial charge < -0.3 is 5.32 Å². The molecule has 3 nitrogen and oxygen atoms in total. The van der Waals surface area contributed by atoms with Gasteiger partial charge in [-0.2, -0.15) is 0 Å². The molecule has 0 bridgehead atoms. The van der Waals surface area contributed by atoms with Gasteiger partial charge in [-0.05, 0) is 56.5 Å². The second-order valence-corrected chi connectivity index (χ2v) is 7.50. The van der Waals surface area contributed by atoms with E-state index >= 15 is 0 Å². The fourth-order valence-corrected chi connectivity index (χ4v) is 3.85. The predicted octanol–water partition coefficient (Wildman–Crippen LogP) is 3.25. The summed E-state index contributed by atoms with van der Waals surface area (Å²) in [5.41, 5.74) is 2.15. The smallest absolute Gasteiger partial charge is 0.179 e. The van der Waals surface area contributed by atoms with E-state index in [2.05, 4.69) is 19.2 Å². The molecule has 1 N–H and O–H groups in total. The monoisotopic (exact) mass is 297 g/mol. The molecular weight excluding hydrogens is 270 g/mol. The molecule has 4 heteroatoms. The number of benzene rings is 1. The van der Waals surface area contributed by atoms with Crippen LogP contribution >= 0.6 is 0 Å². The zero-order chi connectivity index (χ0) is 15.2. The molecule has 20 heavy (non-hydrogen) atoms. The van der Waals surface area contributed by atoms with Crippen LogP contribution in [0.1, 0.15) is 44.2 Å². The summed E-state index contributed by atoms with van der Waals surface area (Å²) in [4.78, 5) is 0.444. The molecule has 0 radical (unpaired) electrons. The predicted molar refractivity (Wildman–Crippen MR) is 85.0 cm³/mol. The third kappa shape index (κ3) is 4.91. The first-order chi connectivity index (χ1) is 9.40. The van der Waals surface area contributed by atoms with Crippen LogP contribution in [0.25, 0.3) is 0 Å². The molecule has 0 aromatic heterocycles. The maximum absolute atomic E-state index is 12.5. The Hall–Kier alpha value is -0.870. The highest BCUT2D eigenvalue weighted by Crippen LogP contribution is 2.17. The summed E-state index contributed by atoms with van der Waals surface area (Å²) in [5, 5.41) is 3.34. The highest BCUT2D eigenvalue weighted by atomic mass is 32.2. The maximum Gasteiger partial charge on any atom is 0.179 e. The van der Waals surface area contributed by atoms with Crippen molar-refractivity contribution < 1.29 is 8.42 Å². The first-order valence-electron chi connectivity index (χ1n) is 7.44. The molecule has 0 amide bonds. The highest BCUT2D eigenvalue weighted by molar-refractivity contribution is 7.91. The molecule has 1 atom stereocenters. The van der Waals surface area contributed by atoms with Crippen LogP contribution < -0.4 is 5.32 Å². The van der Waals surface area contributed by atoms with Crippen molar-refractivity contribution in [3.8, 4) is 0 Å². The van der Waals surface area contributed by atoms with Gasteiger partial charge in [-0.3, -0.25) is 0 Å². The van der Waals surface area contributed by atoms with Gasteiger partial charge in [-0.1, -0.05) is 26.3 Å². The number of hydrogen-bond acceptors (Lipinski definition) is 3. The van der Waals surface area contributed by atoms with Crippen molar-refractivity contribution in [1.29, 1.82) is 0 Å². The molecule has 0 heterocycles. The summed E-state index contributed by atoms with van der Waals surface area (Å²) < 4.78 is 25.0. The van der Waals surface area contributed by atoms with E-state index in [9.17, 15) is 8.42 Å². The van der Waals surface area contributed by atoms with Crippen molar-refractivity contribution in [2.45, 2.75) is 57.9 Å². The van der Waals surface area contributed by atoms with Gasteiger partial charge in [0.15, 0.2) is 9.84 Å². The summed E-state index contributed by atoms with van der Waals surface area (Å²) in [6.45, 7) is 8.99. The first kappa shape index (κ1) is 17.2. The van der Waals surface area contributed by atoms with Gasteiger partial charge in [0.05, 0.1) is 10.6 Å². The Balaban J connectivity index is 2.87. The summed E-state index contributed by atoms with van der Waals surface area (Å²) in [5.74, 6) is 0.184. The lowest BCUT2D eigenvalue weighted by Gasteiger charge is -2.18. The third-order valence-corrected chi connectivity index (χ3v) is 5.39. The Morgan fingerprint density at radius 1 is 1.10 bits per heavy atom. The van der Waals surface area contributed by atoms with Crippen molar-refractivity contribution in [2.24, 2.45) is 0 Å². The molecule has 0 aliphatic carbocycles. The van der Waals surface area contributed by atoms with Crippen molar-refractivity contribution in [3.05, 3.63) is 29.3 Å². The maximum atomic E-state index is 12.5. The number of aryl methyl sites for hydroxylation is 2. The molecule has 1 rings (SSSR count). The van der Waals surface area contributed by atoms with Gasteiger partial charge in [0.1, 0.15) is 0 Å². The Bertz CT molecular complexity index is 523. The zero-order valence-corrected chi connectivity index (χ0v) is 13.9. The van der Waals surface area contributed by atoms with Crippen LogP contribution in [0.5, 0.6) is 0 Å². The molecule has 114 valence electrons. The molecule has 0 aliphatic rings. The lowest BCUT2D eigenvalue weighted by atomic mass is 10.1. The van der Waals surface area contributed by atoms with E-state index in [0.29, 0.717) is 4.90 Å². The van der Waals surface area contributed by atoms with Crippen LogP contribution in [0.15, 0.2) is 23.1 Å². The van der Waals surface area contributed by atoms with E-state index in [0.717, 1.165) is 36.9 Å². The van der Waals surface area contributed by atoms with Crippen molar-refractivity contribution >= 4 is 9.84 Å². The van der Waals surface area contributed by atoms with Crippen LogP contribution in [0.2, 0.25) is 0 Å². The van der Waals surface area contributed by atoms with Gasteiger partial charge in [-0.25, -0.2) is 8.42 Å². The second kappa shape index (κ2) is 7.79. The fourth-order valence-electron chi connectivity index (χ4n) is 2.21. The molecule has 0 spiro atoms. The minimum absolute atomic E-state index is 0.0477. The van der Waals surface area contributed by atoms with E-state index < -0.39 is 9.84 Å². The van der Waals surface area contributed by atoms with Crippen molar-refractivity contribution in [3.63, 3.8) is 0 Å². The summed E-state index contributed by atoms with van der Waals surface area (Å²) in [7, 11) is -3.21. The minimum atomic E-state index is -3.21. The quantitative estimate of drug-likeness (QED) is 0.801. The Kier molecular flexibility index (Phi) is 6.69. The van der Waals surface area contributed by atoms with Gasteiger partial charge in [0.2, 0.25) is 0 Å². The Morgan fingerprint density at radius 3 is 2.35 bits per heavy atom. The van der Waals surface area contributed by atoms with Gasteiger partial charge >= 0.3 is 0 Å². The van der Waals surface area contributed by atoms with E-state index in [1.165, 1.54) is 0 Å². The molecule has 0 fully saturated rings. The van der Waals surface area contributed by atoms with Gasteiger partial charge in [0.25, 0.3) is 0 Å². The lowest BCUT2D eigenvalue weighted by molar-refractivity contribution is 0.500. The Labute approximate surface area is 123 Å². The van der Waals surface area contributed by atoms with Crippen molar-refractivity contribution in [1.82, 2.24) is 5.32 Å². The van der Waals surface area contributed by atoms with Crippen molar-refractivity contribution in [2.75, 3.05) is 12.3 Å². The van der Waals surface area contributed by atoms with Gasteiger partial charge in [0, 0.05) is 6.04 Å². The summed E-state index contributed by atoms with van der Waals surface area (Å²) in [6, 6.07) is 5.44. The van der Waals surface area contributed by atoms with E-state index in [1.807, 2.05) is 19.9 Å². The summed E-state index contributed by atoms with van der Waals surface area (Å²) in [6.07, 6.45) is 2.90. The van der Waals surface area contributed by atoms with Gasteiger partial charge in [-0.15, -0.1) is 0 Å². The largest absolute Gasteiger partial charge is 0.313 e. The molecule has 0 aliphatic heterocycles. The molecule has 1 aromatic rings. The van der Waals surface area contributed by atoms with Crippen LogP contribution in [0, 0.1) is 13.8 Å².